The molecule has 104 valence electrons. The topological polar surface area (TPSA) is 54.0 Å². The highest BCUT2D eigenvalue weighted by atomic mass is 16.9. The molecule has 5 nitrogen and oxygen atoms in total. The first-order valence-corrected chi connectivity index (χ1v) is 6.10. The number of cyclic esters (lactones) is 1. The highest BCUT2D eigenvalue weighted by molar-refractivity contribution is 6.03. The third-order valence-corrected chi connectivity index (χ3v) is 3.50. The summed E-state index contributed by atoms with van der Waals surface area (Å²) in [5, 5.41) is 1.76. The zero-order valence-electron chi connectivity index (χ0n) is 11.4. The number of methoxy groups -OCH3 is 3. The van der Waals surface area contributed by atoms with Crippen LogP contribution in [-0.2, 0) is 20.2 Å². The molecule has 0 saturated carbocycles. The minimum atomic E-state index is -1.55. The summed E-state index contributed by atoms with van der Waals surface area (Å²) in [4.78, 5) is 12.1. The average Bonchev–Trinajstić information content (AvgIpc) is 2.78. The van der Waals surface area contributed by atoms with Gasteiger partial charge >= 0.3 is 11.9 Å². The molecular weight excluding hydrogens is 260 g/mol. The average molecular weight is 274 g/mol. The Morgan fingerprint density at radius 1 is 1.10 bits per heavy atom. The zero-order valence-corrected chi connectivity index (χ0v) is 11.4. The molecule has 2 aromatic carbocycles. The van der Waals surface area contributed by atoms with Crippen molar-refractivity contribution in [3.8, 4) is 5.75 Å². The summed E-state index contributed by atoms with van der Waals surface area (Å²) < 4.78 is 21.3. The van der Waals surface area contributed by atoms with Crippen molar-refractivity contribution < 1.29 is 23.7 Å². The first-order chi connectivity index (χ1) is 9.66. The van der Waals surface area contributed by atoms with Gasteiger partial charge in [0.15, 0.2) is 0 Å². The van der Waals surface area contributed by atoms with E-state index in [4.69, 9.17) is 18.9 Å². The van der Waals surface area contributed by atoms with Crippen molar-refractivity contribution in [3.63, 3.8) is 0 Å². The molecule has 1 aliphatic rings. The predicted molar refractivity (Wildman–Crippen MR) is 71.6 cm³/mol. The fourth-order valence-electron chi connectivity index (χ4n) is 2.59. The molecule has 0 amide bonds. The number of hydrogen-bond acceptors (Lipinski definition) is 5. The zero-order chi connectivity index (χ0) is 14.3. The van der Waals surface area contributed by atoms with Crippen molar-refractivity contribution >= 4 is 16.7 Å². The molecule has 0 unspecified atom stereocenters. The van der Waals surface area contributed by atoms with Crippen LogP contribution in [0.15, 0.2) is 30.3 Å². The van der Waals surface area contributed by atoms with E-state index >= 15 is 0 Å². The van der Waals surface area contributed by atoms with E-state index in [0.717, 1.165) is 10.8 Å². The quantitative estimate of drug-likeness (QED) is 0.635. The Balaban J connectivity index is 2.43. The van der Waals surface area contributed by atoms with E-state index in [0.29, 0.717) is 16.9 Å². The third-order valence-electron chi connectivity index (χ3n) is 3.50. The van der Waals surface area contributed by atoms with E-state index in [2.05, 4.69) is 0 Å². The Labute approximate surface area is 116 Å². The first-order valence-electron chi connectivity index (χ1n) is 6.10. The predicted octanol–water partition coefficient (Wildman–Crippen LogP) is 2.42. The van der Waals surface area contributed by atoms with Crippen LogP contribution in [0.5, 0.6) is 5.75 Å². The SMILES string of the molecule is COc1c2c(cc3ccccc13)C(=O)OC2(OC)OC. The van der Waals surface area contributed by atoms with Crippen LogP contribution in [0.2, 0.25) is 0 Å². The van der Waals surface area contributed by atoms with Crippen LogP contribution in [-0.4, -0.2) is 27.3 Å². The number of rotatable bonds is 3. The van der Waals surface area contributed by atoms with Gasteiger partial charge in [-0.05, 0) is 11.5 Å². The number of esters is 1. The maximum Gasteiger partial charge on any atom is 0.362 e. The van der Waals surface area contributed by atoms with Gasteiger partial charge in [-0.15, -0.1) is 0 Å². The molecule has 0 aliphatic carbocycles. The molecule has 20 heavy (non-hydrogen) atoms. The van der Waals surface area contributed by atoms with E-state index in [1.165, 1.54) is 14.2 Å². The van der Waals surface area contributed by atoms with Gasteiger partial charge < -0.3 is 18.9 Å². The van der Waals surface area contributed by atoms with Gasteiger partial charge in [0.25, 0.3) is 0 Å². The second-order valence-electron chi connectivity index (χ2n) is 4.41. The normalized spacial score (nSPS) is 16.1. The lowest BCUT2D eigenvalue weighted by Crippen LogP contribution is -2.31. The van der Waals surface area contributed by atoms with Gasteiger partial charge in [-0.25, -0.2) is 4.79 Å². The minimum absolute atomic E-state index is 0.393. The van der Waals surface area contributed by atoms with E-state index in [-0.39, 0.29) is 0 Å². The van der Waals surface area contributed by atoms with Crippen LogP contribution < -0.4 is 4.74 Å². The molecule has 0 saturated heterocycles. The third kappa shape index (κ3) is 1.54. The van der Waals surface area contributed by atoms with Crippen LogP contribution in [0.4, 0.5) is 0 Å². The molecule has 2 aromatic rings. The highest BCUT2D eigenvalue weighted by Gasteiger charge is 2.50. The van der Waals surface area contributed by atoms with Gasteiger partial charge in [-0.1, -0.05) is 24.3 Å². The molecule has 1 aliphatic heterocycles. The molecule has 0 spiro atoms. The molecular formula is C15H14O5. The fourth-order valence-corrected chi connectivity index (χ4v) is 2.59. The van der Waals surface area contributed by atoms with E-state index in [1.807, 2.05) is 24.3 Å². The van der Waals surface area contributed by atoms with Crippen LogP contribution >= 0.6 is 0 Å². The van der Waals surface area contributed by atoms with Gasteiger partial charge in [0.05, 0.1) is 12.7 Å². The number of fused-ring (bicyclic) bond motifs is 2. The highest BCUT2D eigenvalue weighted by Crippen LogP contribution is 2.46. The summed E-state index contributed by atoms with van der Waals surface area (Å²) in [6.07, 6.45) is 0. The van der Waals surface area contributed by atoms with Crippen LogP contribution in [0.3, 0.4) is 0 Å². The molecule has 0 radical (unpaired) electrons. The molecule has 3 rings (SSSR count). The molecule has 0 bridgehead atoms. The maximum absolute atomic E-state index is 12.1. The molecule has 1 heterocycles. The summed E-state index contributed by atoms with van der Waals surface area (Å²) in [5.74, 6) is -1.53. The second kappa shape index (κ2) is 4.47. The largest absolute Gasteiger partial charge is 0.495 e. The van der Waals surface area contributed by atoms with Crippen LogP contribution in [0.25, 0.3) is 10.8 Å². The van der Waals surface area contributed by atoms with Crippen LogP contribution in [0, 0.1) is 0 Å². The van der Waals surface area contributed by atoms with Gasteiger partial charge in [0, 0.05) is 19.6 Å². The summed E-state index contributed by atoms with van der Waals surface area (Å²) in [7, 11) is 4.38. The van der Waals surface area contributed by atoms with Gasteiger partial charge in [0.2, 0.25) is 0 Å². The lowest BCUT2D eigenvalue weighted by molar-refractivity contribution is -0.341. The van der Waals surface area contributed by atoms with E-state index in [1.54, 1.807) is 13.2 Å². The van der Waals surface area contributed by atoms with Crippen LogP contribution in [0.1, 0.15) is 15.9 Å². The second-order valence-corrected chi connectivity index (χ2v) is 4.41. The van der Waals surface area contributed by atoms with Crippen molar-refractivity contribution in [1.29, 1.82) is 0 Å². The number of carbonyl (C=O) groups is 1. The summed E-state index contributed by atoms with van der Waals surface area (Å²) >= 11 is 0. The Morgan fingerprint density at radius 2 is 1.80 bits per heavy atom. The summed E-state index contributed by atoms with van der Waals surface area (Å²) in [5.41, 5.74) is 0.859. The van der Waals surface area contributed by atoms with Crippen molar-refractivity contribution in [2.24, 2.45) is 0 Å². The number of carbonyl (C=O) groups excluding carboxylic acids is 1. The van der Waals surface area contributed by atoms with Gasteiger partial charge in [-0.3, -0.25) is 0 Å². The Morgan fingerprint density at radius 3 is 2.45 bits per heavy atom. The minimum Gasteiger partial charge on any atom is -0.495 e. The van der Waals surface area contributed by atoms with Gasteiger partial charge in [0.1, 0.15) is 11.3 Å². The molecule has 0 N–H and O–H groups in total. The fraction of sp³-hybridized carbons (Fsp3) is 0.267. The van der Waals surface area contributed by atoms with E-state index < -0.39 is 11.9 Å². The van der Waals surface area contributed by atoms with E-state index in [9.17, 15) is 4.79 Å². The van der Waals surface area contributed by atoms with Crippen molar-refractivity contribution in [1.82, 2.24) is 0 Å². The monoisotopic (exact) mass is 274 g/mol. The molecule has 5 heteroatoms. The molecule has 0 atom stereocenters. The number of benzene rings is 2. The smallest absolute Gasteiger partial charge is 0.362 e. The first kappa shape index (κ1) is 12.9. The molecule has 0 aromatic heterocycles. The van der Waals surface area contributed by atoms with Crippen molar-refractivity contribution in [2.45, 2.75) is 5.97 Å². The lowest BCUT2D eigenvalue weighted by Gasteiger charge is -2.25. The number of hydrogen-bond donors (Lipinski definition) is 0. The Hall–Kier alpha value is -2.11. The summed E-state index contributed by atoms with van der Waals surface area (Å²) in [6.45, 7) is 0. The lowest BCUT2D eigenvalue weighted by atomic mass is 9.99. The maximum atomic E-state index is 12.1. The standard InChI is InChI=1S/C15H14O5/c1-17-13-10-7-5-4-6-9(10)8-11-12(13)15(18-2,19-3)20-14(11)16/h4-8H,1-3H3. The van der Waals surface area contributed by atoms with Crippen molar-refractivity contribution in [3.05, 3.63) is 41.5 Å². The number of ether oxygens (including phenoxy) is 4. The van der Waals surface area contributed by atoms with Crippen molar-refractivity contribution in [2.75, 3.05) is 21.3 Å². The Bertz CT molecular complexity index is 688. The molecule has 0 fully saturated rings. The van der Waals surface area contributed by atoms with Gasteiger partial charge in [-0.2, -0.15) is 0 Å². The summed E-state index contributed by atoms with van der Waals surface area (Å²) in [6, 6.07) is 9.37. The Kier molecular flexibility index (Phi) is 2.88.